The van der Waals surface area contributed by atoms with Crippen LogP contribution in [0, 0.1) is 0 Å². The second-order valence-electron chi connectivity index (χ2n) is 4.95. The van der Waals surface area contributed by atoms with Crippen LogP contribution in [0.15, 0.2) is 41.3 Å². The minimum Gasteiger partial charge on any atom is -0.454 e. The van der Waals surface area contributed by atoms with Crippen LogP contribution >= 0.6 is 0 Å². The molecule has 1 aromatic carbocycles. The number of nitrogens with one attached hydrogen (secondary N) is 2. The van der Waals surface area contributed by atoms with Crippen molar-refractivity contribution in [3.63, 3.8) is 0 Å². The summed E-state index contributed by atoms with van der Waals surface area (Å²) < 4.78 is 15.3. The van der Waals surface area contributed by atoms with Gasteiger partial charge in [0.25, 0.3) is 11.5 Å². The van der Waals surface area contributed by atoms with Crippen LogP contribution in [0.25, 0.3) is 0 Å². The number of amides is 1. The minimum absolute atomic E-state index is 0.152. The Hall–Kier alpha value is -3.29. The van der Waals surface area contributed by atoms with Gasteiger partial charge in [-0.25, -0.2) is 4.79 Å². The summed E-state index contributed by atoms with van der Waals surface area (Å²) in [6.07, 6.45) is 1.40. The third-order valence-corrected chi connectivity index (χ3v) is 3.30. The Morgan fingerprint density at radius 1 is 1.21 bits per heavy atom. The molecule has 1 aliphatic heterocycles. The molecule has 124 valence electrons. The Morgan fingerprint density at radius 3 is 2.88 bits per heavy atom. The summed E-state index contributed by atoms with van der Waals surface area (Å²) in [7, 11) is 0. The first-order valence-corrected chi connectivity index (χ1v) is 7.13. The van der Waals surface area contributed by atoms with E-state index in [1.54, 1.807) is 18.2 Å². The van der Waals surface area contributed by atoms with Gasteiger partial charge in [0.2, 0.25) is 6.79 Å². The summed E-state index contributed by atoms with van der Waals surface area (Å²) in [5, 5.41) is 2.61. The number of H-pyrrole nitrogens is 1. The summed E-state index contributed by atoms with van der Waals surface area (Å²) >= 11 is 0. The summed E-state index contributed by atoms with van der Waals surface area (Å²) in [4.78, 5) is 37.2. The molecule has 1 amide bonds. The number of carbonyl (C=O) groups is 2. The molecule has 8 nitrogen and oxygen atoms in total. The minimum atomic E-state index is -0.852. The van der Waals surface area contributed by atoms with E-state index < -0.39 is 24.0 Å². The molecule has 0 fully saturated rings. The topological polar surface area (TPSA) is 107 Å². The van der Waals surface area contributed by atoms with Gasteiger partial charge < -0.3 is 24.5 Å². The zero-order chi connectivity index (χ0) is 16.9. The van der Waals surface area contributed by atoms with Gasteiger partial charge in [-0.05, 0) is 29.8 Å². The first-order valence-electron chi connectivity index (χ1n) is 7.13. The number of esters is 1. The number of fused-ring (bicyclic) bond motifs is 1. The van der Waals surface area contributed by atoms with Crippen molar-refractivity contribution < 1.29 is 23.8 Å². The zero-order valence-corrected chi connectivity index (χ0v) is 12.5. The Balaban J connectivity index is 1.49. The third kappa shape index (κ3) is 3.54. The summed E-state index contributed by atoms with van der Waals surface area (Å²) in [6, 6.07) is 8.14. The highest BCUT2D eigenvalue weighted by molar-refractivity contribution is 5.90. The zero-order valence-electron chi connectivity index (χ0n) is 12.5. The van der Waals surface area contributed by atoms with Crippen molar-refractivity contribution in [2.45, 2.75) is 6.54 Å². The number of hydrogen-bond donors (Lipinski definition) is 2. The number of pyridine rings is 1. The maximum Gasteiger partial charge on any atom is 0.344 e. The van der Waals surface area contributed by atoms with Crippen LogP contribution in [0.2, 0.25) is 0 Å². The molecule has 0 spiro atoms. The fraction of sp³-hybridized carbons (Fsp3) is 0.188. The first kappa shape index (κ1) is 15.6. The SMILES string of the molecule is O=C(COC(=O)c1ccc[nH]c1=O)NCc1ccc2c(c1)OCO2. The molecule has 0 unspecified atom stereocenters. The predicted octanol–water partition coefficient (Wildman–Crippen LogP) is 0.577. The van der Waals surface area contributed by atoms with Crippen molar-refractivity contribution in [1.82, 2.24) is 10.3 Å². The standard InChI is InChI=1S/C16H14N2O6/c19-14(8-22-16(21)11-2-1-5-17-15(11)20)18-7-10-3-4-12-13(6-10)24-9-23-12/h1-6H,7-9H2,(H,17,20)(H,18,19). The second kappa shape index (κ2) is 6.86. The molecule has 0 aliphatic carbocycles. The van der Waals surface area contributed by atoms with Crippen molar-refractivity contribution >= 4 is 11.9 Å². The fourth-order valence-corrected chi connectivity index (χ4v) is 2.09. The number of ether oxygens (including phenoxy) is 3. The van der Waals surface area contributed by atoms with Gasteiger partial charge in [-0.3, -0.25) is 9.59 Å². The molecule has 0 radical (unpaired) electrons. The van der Waals surface area contributed by atoms with Gasteiger partial charge >= 0.3 is 5.97 Å². The van der Waals surface area contributed by atoms with Crippen molar-refractivity contribution in [3.05, 3.63) is 58.0 Å². The number of aromatic amines is 1. The van der Waals surface area contributed by atoms with E-state index in [-0.39, 0.29) is 18.9 Å². The average Bonchev–Trinajstić information content (AvgIpc) is 3.06. The lowest BCUT2D eigenvalue weighted by molar-refractivity contribution is -0.124. The van der Waals surface area contributed by atoms with Crippen LogP contribution in [-0.4, -0.2) is 30.3 Å². The van der Waals surface area contributed by atoms with E-state index in [4.69, 9.17) is 14.2 Å². The molecule has 0 saturated carbocycles. The van der Waals surface area contributed by atoms with Crippen LogP contribution in [-0.2, 0) is 16.1 Å². The quantitative estimate of drug-likeness (QED) is 0.777. The molecule has 0 saturated heterocycles. The van der Waals surface area contributed by atoms with Crippen LogP contribution in [0.4, 0.5) is 0 Å². The largest absolute Gasteiger partial charge is 0.454 e. The van der Waals surface area contributed by atoms with Crippen LogP contribution in [0.5, 0.6) is 11.5 Å². The summed E-state index contributed by atoms with van der Waals surface area (Å²) in [6.45, 7) is -0.0453. The lowest BCUT2D eigenvalue weighted by Gasteiger charge is -2.07. The molecule has 2 N–H and O–H groups in total. The number of carbonyl (C=O) groups excluding carboxylic acids is 2. The van der Waals surface area contributed by atoms with E-state index in [1.165, 1.54) is 18.3 Å². The number of hydrogen-bond acceptors (Lipinski definition) is 6. The van der Waals surface area contributed by atoms with Gasteiger partial charge in [0.05, 0.1) is 0 Å². The van der Waals surface area contributed by atoms with Gasteiger partial charge in [-0.1, -0.05) is 6.07 Å². The molecule has 8 heteroatoms. The molecule has 0 bridgehead atoms. The lowest BCUT2D eigenvalue weighted by Crippen LogP contribution is -2.29. The molecule has 2 aromatic rings. The Morgan fingerprint density at radius 2 is 2.04 bits per heavy atom. The van der Waals surface area contributed by atoms with Crippen LogP contribution in [0.3, 0.4) is 0 Å². The van der Waals surface area contributed by atoms with E-state index >= 15 is 0 Å². The number of aromatic nitrogens is 1. The fourth-order valence-electron chi connectivity index (χ4n) is 2.09. The summed E-state index contributed by atoms with van der Waals surface area (Å²) in [5.41, 5.74) is 0.0998. The lowest BCUT2D eigenvalue weighted by atomic mass is 10.2. The van der Waals surface area contributed by atoms with Gasteiger partial charge in [0.1, 0.15) is 5.56 Å². The van der Waals surface area contributed by atoms with Gasteiger partial charge in [-0.15, -0.1) is 0 Å². The maximum absolute atomic E-state index is 11.7. The van der Waals surface area contributed by atoms with Crippen molar-refractivity contribution in [3.8, 4) is 11.5 Å². The molecule has 24 heavy (non-hydrogen) atoms. The molecule has 1 aromatic heterocycles. The monoisotopic (exact) mass is 330 g/mol. The van der Waals surface area contributed by atoms with E-state index in [0.29, 0.717) is 11.5 Å². The van der Waals surface area contributed by atoms with Crippen molar-refractivity contribution in [1.29, 1.82) is 0 Å². The third-order valence-electron chi connectivity index (χ3n) is 3.30. The molecule has 3 rings (SSSR count). The highest BCUT2D eigenvalue weighted by atomic mass is 16.7. The Labute approximate surface area is 136 Å². The van der Waals surface area contributed by atoms with Gasteiger partial charge in [0.15, 0.2) is 18.1 Å². The highest BCUT2D eigenvalue weighted by Crippen LogP contribution is 2.32. The molecular formula is C16H14N2O6. The smallest absolute Gasteiger partial charge is 0.344 e. The van der Waals surface area contributed by atoms with E-state index in [1.807, 2.05) is 0 Å². The highest BCUT2D eigenvalue weighted by Gasteiger charge is 2.15. The molecule has 0 atom stereocenters. The van der Waals surface area contributed by atoms with Gasteiger partial charge in [0, 0.05) is 12.7 Å². The number of benzene rings is 1. The maximum atomic E-state index is 11.7. The molecule has 1 aliphatic rings. The van der Waals surface area contributed by atoms with E-state index in [9.17, 15) is 14.4 Å². The second-order valence-corrected chi connectivity index (χ2v) is 4.95. The Kier molecular flexibility index (Phi) is 4.46. The van der Waals surface area contributed by atoms with E-state index in [2.05, 4.69) is 10.3 Å². The molecule has 2 heterocycles. The van der Waals surface area contributed by atoms with Crippen molar-refractivity contribution in [2.75, 3.05) is 13.4 Å². The summed E-state index contributed by atoms with van der Waals surface area (Å²) in [5.74, 6) is -0.0491. The first-order chi connectivity index (χ1) is 11.6. The van der Waals surface area contributed by atoms with E-state index in [0.717, 1.165) is 5.56 Å². The number of rotatable bonds is 5. The Bertz CT molecular complexity index is 829. The predicted molar refractivity (Wildman–Crippen MR) is 81.8 cm³/mol. The van der Waals surface area contributed by atoms with Crippen LogP contribution in [0.1, 0.15) is 15.9 Å². The molecular weight excluding hydrogens is 316 g/mol. The van der Waals surface area contributed by atoms with Crippen molar-refractivity contribution in [2.24, 2.45) is 0 Å². The van der Waals surface area contributed by atoms with Gasteiger partial charge in [-0.2, -0.15) is 0 Å². The average molecular weight is 330 g/mol. The normalized spacial score (nSPS) is 11.8. The van der Waals surface area contributed by atoms with Crippen LogP contribution < -0.4 is 20.3 Å².